The number of hydrogen-bond acceptors (Lipinski definition) is 3. The van der Waals surface area contributed by atoms with Crippen LogP contribution in [0.3, 0.4) is 0 Å². The molecule has 0 aromatic heterocycles. The highest BCUT2D eigenvalue weighted by atomic mass is 32.2. The summed E-state index contributed by atoms with van der Waals surface area (Å²) in [6.07, 6.45) is 10.9. The average molecular weight is 354 g/mol. The van der Waals surface area contributed by atoms with E-state index in [4.69, 9.17) is 4.74 Å². The topological polar surface area (TPSA) is 36.9 Å². The monoisotopic (exact) mass is 353 g/mol. The SMILES string of the molecule is CCOCCC1(CNC(=NC)N2CCSC3(CCCCC3)C2)CC1. The van der Waals surface area contributed by atoms with Crippen molar-refractivity contribution in [1.82, 2.24) is 10.2 Å². The molecule has 1 heterocycles. The van der Waals surface area contributed by atoms with Crippen LogP contribution in [0, 0.1) is 5.41 Å². The molecule has 3 fully saturated rings. The Kier molecular flexibility index (Phi) is 6.36. The van der Waals surface area contributed by atoms with Gasteiger partial charge in [0.25, 0.3) is 0 Å². The first kappa shape index (κ1) is 18.4. The molecule has 0 bridgehead atoms. The van der Waals surface area contributed by atoms with Gasteiger partial charge in [0.15, 0.2) is 5.96 Å². The Balaban J connectivity index is 1.50. The minimum absolute atomic E-state index is 0.470. The van der Waals surface area contributed by atoms with Gasteiger partial charge in [-0.2, -0.15) is 11.8 Å². The predicted molar refractivity (Wildman–Crippen MR) is 104 cm³/mol. The molecule has 1 spiro atoms. The fourth-order valence-electron chi connectivity index (χ4n) is 4.25. The van der Waals surface area contributed by atoms with E-state index >= 15 is 0 Å². The van der Waals surface area contributed by atoms with Crippen LogP contribution in [-0.4, -0.2) is 61.3 Å². The van der Waals surface area contributed by atoms with Crippen LogP contribution in [0.15, 0.2) is 4.99 Å². The first-order valence-corrected chi connectivity index (χ1v) is 10.9. The van der Waals surface area contributed by atoms with Gasteiger partial charge in [-0.1, -0.05) is 19.3 Å². The Morgan fingerprint density at radius 2 is 2.00 bits per heavy atom. The summed E-state index contributed by atoms with van der Waals surface area (Å²) in [5.74, 6) is 2.37. The Morgan fingerprint density at radius 1 is 1.21 bits per heavy atom. The largest absolute Gasteiger partial charge is 0.382 e. The van der Waals surface area contributed by atoms with Crippen LogP contribution >= 0.6 is 11.8 Å². The maximum atomic E-state index is 5.56. The zero-order chi connectivity index (χ0) is 16.9. The van der Waals surface area contributed by atoms with Crippen molar-refractivity contribution < 1.29 is 4.74 Å². The maximum absolute atomic E-state index is 5.56. The minimum atomic E-state index is 0.470. The molecular weight excluding hydrogens is 318 g/mol. The zero-order valence-electron chi connectivity index (χ0n) is 15.6. The third kappa shape index (κ3) is 4.60. The molecule has 0 unspecified atom stereocenters. The van der Waals surface area contributed by atoms with E-state index in [9.17, 15) is 0 Å². The minimum Gasteiger partial charge on any atom is -0.382 e. The van der Waals surface area contributed by atoms with Crippen molar-refractivity contribution >= 4 is 17.7 Å². The fourth-order valence-corrected chi connectivity index (χ4v) is 5.82. The average Bonchev–Trinajstić information content (AvgIpc) is 3.37. The van der Waals surface area contributed by atoms with Crippen LogP contribution < -0.4 is 5.32 Å². The van der Waals surface area contributed by atoms with E-state index in [-0.39, 0.29) is 0 Å². The molecule has 4 nitrogen and oxygen atoms in total. The molecule has 2 saturated carbocycles. The number of guanidine groups is 1. The van der Waals surface area contributed by atoms with E-state index in [0.717, 1.165) is 32.3 Å². The van der Waals surface area contributed by atoms with Crippen LogP contribution in [0.5, 0.6) is 0 Å². The summed E-state index contributed by atoms with van der Waals surface area (Å²) in [5.41, 5.74) is 0.470. The lowest BCUT2D eigenvalue weighted by molar-refractivity contribution is 0.128. The molecule has 2 aliphatic carbocycles. The number of thioether (sulfide) groups is 1. The van der Waals surface area contributed by atoms with Crippen molar-refractivity contribution in [3.63, 3.8) is 0 Å². The lowest BCUT2D eigenvalue weighted by Gasteiger charge is -2.45. The summed E-state index contributed by atoms with van der Waals surface area (Å²) in [6, 6.07) is 0. The maximum Gasteiger partial charge on any atom is 0.193 e. The van der Waals surface area contributed by atoms with Gasteiger partial charge in [0.1, 0.15) is 0 Å². The number of hydrogen-bond donors (Lipinski definition) is 1. The van der Waals surface area contributed by atoms with E-state index in [1.54, 1.807) is 0 Å². The smallest absolute Gasteiger partial charge is 0.193 e. The Bertz CT molecular complexity index is 425. The summed E-state index contributed by atoms with van der Waals surface area (Å²) in [5, 5.41) is 3.70. The van der Waals surface area contributed by atoms with E-state index < -0.39 is 0 Å². The Morgan fingerprint density at radius 3 is 2.67 bits per heavy atom. The van der Waals surface area contributed by atoms with Crippen molar-refractivity contribution in [3.05, 3.63) is 0 Å². The third-order valence-electron chi connectivity index (χ3n) is 6.08. The summed E-state index contributed by atoms with van der Waals surface area (Å²) in [4.78, 5) is 7.14. The number of aliphatic imine (C=N–C) groups is 1. The first-order valence-electron chi connectivity index (χ1n) is 9.88. The number of nitrogens with one attached hydrogen (secondary N) is 1. The van der Waals surface area contributed by atoms with Crippen molar-refractivity contribution in [2.75, 3.05) is 45.6 Å². The Hall–Kier alpha value is -0.420. The fraction of sp³-hybridized carbons (Fsp3) is 0.947. The molecule has 0 radical (unpaired) electrons. The summed E-state index contributed by atoms with van der Waals surface area (Å²) in [6.45, 7) is 7.19. The summed E-state index contributed by atoms with van der Waals surface area (Å²) in [7, 11) is 1.94. The molecule has 3 rings (SSSR count). The molecule has 0 aromatic carbocycles. The van der Waals surface area contributed by atoms with Crippen LogP contribution in [0.25, 0.3) is 0 Å². The van der Waals surface area contributed by atoms with Gasteiger partial charge in [0.05, 0.1) is 0 Å². The molecule has 0 aromatic rings. The molecule has 1 saturated heterocycles. The van der Waals surface area contributed by atoms with Crippen LogP contribution in [0.1, 0.15) is 58.3 Å². The molecule has 0 amide bonds. The quantitative estimate of drug-likeness (QED) is 0.450. The third-order valence-corrected chi connectivity index (χ3v) is 7.62. The van der Waals surface area contributed by atoms with Gasteiger partial charge in [-0.25, -0.2) is 0 Å². The second-order valence-electron chi connectivity index (χ2n) is 7.86. The van der Waals surface area contributed by atoms with Gasteiger partial charge in [0.2, 0.25) is 0 Å². The molecule has 1 aliphatic heterocycles. The molecule has 0 atom stereocenters. The zero-order valence-corrected chi connectivity index (χ0v) is 16.4. The molecule has 3 aliphatic rings. The standard InChI is InChI=1S/C19H35N3OS/c1-3-23-13-11-18(9-10-18)15-21-17(20-2)22-12-14-24-19(16-22)7-5-4-6-8-19/h3-16H2,1-2H3,(H,20,21). The van der Waals surface area contributed by atoms with E-state index in [0.29, 0.717) is 10.2 Å². The lowest BCUT2D eigenvalue weighted by atomic mass is 9.87. The van der Waals surface area contributed by atoms with Gasteiger partial charge in [0, 0.05) is 50.4 Å². The highest BCUT2D eigenvalue weighted by Crippen LogP contribution is 2.48. The van der Waals surface area contributed by atoms with Gasteiger partial charge in [-0.05, 0) is 44.4 Å². The van der Waals surface area contributed by atoms with Crippen molar-refractivity contribution in [2.24, 2.45) is 10.4 Å². The molecule has 5 heteroatoms. The van der Waals surface area contributed by atoms with Gasteiger partial charge < -0.3 is 15.0 Å². The first-order chi connectivity index (χ1) is 11.7. The van der Waals surface area contributed by atoms with Crippen molar-refractivity contribution in [2.45, 2.75) is 63.0 Å². The van der Waals surface area contributed by atoms with Gasteiger partial charge in [-0.15, -0.1) is 0 Å². The van der Waals surface area contributed by atoms with Crippen LogP contribution in [-0.2, 0) is 4.74 Å². The van der Waals surface area contributed by atoms with Crippen molar-refractivity contribution in [3.8, 4) is 0 Å². The van der Waals surface area contributed by atoms with Crippen LogP contribution in [0.2, 0.25) is 0 Å². The predicted octanol–water partition coefficient (Wildman–Crippen LogP) is 3.52. The Labute approximate surface area is 152 Å². The molecule has 1 N–H and O–H groups in total. The van der Waals surface area contributed by atoms with Crippen molar-refractivity contribution in [1.29, 1.82) is 0 Å². The molecular formula is C19H35N3OS. The van der Waals surface area contributed by atoms with Gasteiger partial charge in [-0.3, -0.25) is 4.99 Å². The number of nitrogens with zero attached hydrogens (tertiary/aromatic N) is 2. The van der Waals surface area contributed by atoms with Gasteiger partial charge >= 0.3 is 0 Å². The molecule has 24 heavy (non-hydrogen) atoms. The second kappa shape index (κ2) is 8.31. The highest BCUT2D eigenvalue weighted by molar-refractivity contribution is 8.00. The molecule has 138 valence electrons. The normalized spacial score (nSPS) is 25.8. The summed E-state index contributed by atoms with van der Waals surface area (Å²) < 4.78 is 6.06. The summed E-state index contributed by atoms with van der Waals surface area (Å²) >= 11 is 2.23. The van der Waals surface area contributed by atoms with E-state index in [2.05, 4.69) is 33.9 Å². The van der Waals surface area contributed by atoms with Crippen LogP contribution in [0.4, 0.5) is 0 Å². The highest BCUT2D eigenvalue weighted by Gasteiger charge is 2.43. The number of ether oxygens (including phenoxy) is 1. The van der Waals surface area contributed by atoms with E-state index in [1.165, 1.54) is 63.7 Å². The second-order valence-corrected chi connectivity index (χ2v) is 9.42. The lowest BCUT2D eigenvalue weighted by Crippen LogP contribution is -2.54. The van der Waals surface area contributed by atoms with E-state index in [1.807, 2.05) is 7.05 Å². The number of rotatable bonds is 6.